The van der Waals surface area contributed by atoms with Gasteiger partial charge in [-0.1, -0.05) is 19.3 Å². The van der Waals surface area contributed by atoms with Gasteiger partial charge in [0.05, 0.1) is 0 Å². The van der Waals surface area contributed by atoms with E-state index in [0.29, 0.717) is 78.3 Å². The SMILES string of the molecule is CB(O)N(CCCCN(CC(CCCCCCO)CN(CCCCN(CCCN(C)C(=O)OC(C)(C)C)B(C)O)B(C)O)B(C)O)CCCN(C)C(=O)OC(C)(C)C. The van der Waals surface area contributed by atoms with Gasteiger partial charge in [0.1, 0.15) is 11.2 Å². The predicted octanol–water partition coefficient (Wildman–Crippen LogP) is 4.27. The molecular formula is C39H86B4N6O9. The van der Waals surface area contributed by atoms with Crippen LogP contribution in [0.5, 0.6) is 0 Å². The summed E-state index contributed by atoms with van der Waals surface area (Å²) in [6, 6.07) is 0. The lowest BCUT2D eigenvalue weighted by atomic mass is 9.80. The van der Waals surface area contributed by atoms with E-state index in [9.17, 15) is 34.8 Å². The first-order valence-corrected chi connectivity index (χ1v) is 22.1. The second-order valence-corrected chi connectivity index (χ2v) is 18.3. The quantitative estimate of drug-likeness (QED) is 0.0482. The first-order valence-electron chi connectivity index (χ1n) is 22.1. The van der Waals surface area contributed by atoms with Gasteiger partial charge < -0.3 is 63.7 Å². The van der Waals surface area contributed by atoms with Crippen LogP contribution >= 0.6 is 0 Å². The van der Waals surface area contributed by atoms with Crippen LogP contribution in [0.3, 0.4) is 0 Å². The Balaban J connectivity index is 5.25. The van der Waals surface area contributed by atoms with Gasteiger partial charge in [-0.3, -0.25) is 0 Å². The van der Waals surface area contributed by atoms with Gasteiger partial charge in [0, 0.05) is 33.8 Å². The largest absolute Gasteiger partial charge is 0.444 e. The standard InChI is InChI=1S/C39H86B4N6O9/c1-38(2,3)57-36(51)44(11)24-21-30-46(40(7)53)26-16-18-28-48(42(9)55)33-35(23-15-13-14-20-32-50)34-49(43(10)56)29-19-17-27-47(41(8)54)31-22-25-45(12)37(52)58-39(4,5)6/h35,50,53-56H,13-34H2,1-12H3. The Morgan fingerprint density at radius 1 is 0.483 bits per heavy atom. The molecule has 0 aliphatic heterocycles. The molecule has 0 saturated heterocycles. The second kappa shape index (κ2) is 30.5. The van der Waals surface area contributed by atoms with Crippen LogP contribution < -0.4 is 0 Å². The van der Waals surface area contributed by atoms with Crippen molar-refractivity contribution in [3.05, 3.63) is 0 Å². The highest BCUT2D eigenvalue weighted by Gasteiger charge is 2.27. The first-order chi connectivity index (χ1) is 27.0. The summed E-state index contributed by atoms with van der Waals surface area (Å²) in [6.07, 6.45) is 8.77. The number of hydrogen-bond acceptors (Lipinski definition) is 13. The molecule has 2 amide bonds. The molecule has 0 aliphatic rings. The number of rotatable bonds is 32. The van der Waals surface area contributed by atoms with Crippen LogP contribution in [-0.4, -0.2) is 192 Å². The zero-order valence-corrected chi connectivity index (χ0v) is 39.0. The second-order valence-electron chi connectivity index (χ2n) is 18.3. The lowest BCUT2D eigenvalue weighted by Gasteiger charge is -2.33. The third-order valence-electron chi connectivity index (χ3n) is 10.2. The van der Waals surface area contributed by atoms with E-state index in [0.717, 1.165) is 57.8 Å². The van der Waals surface area contributed by atoms with Crippen molar-refractivity contribution in [2.24, 2.45) is 5.92 Å². The van der Waals surface area contributed by atoms with E-state index in [1.807, 2.05) is 51.2 Å². The number of carbonyl (C=O) groups excluding carboxylic acids is 2. The van der Waals surface area contributed by atoms with Gasteiger partial charge in [0.25, 0.3) is 0 Å². The number of carbonyl (C=O) groups is 2. The number of aliphatic hydroxyl groups excluding tert-OH is 1. The van der Waals surface area contributed by atoms with Crippen LogP contribution in [0.1, 0.15) is 112 Å². The molecule has 0 rings (SSSR count). The zero-order chi connectivity index (χ0) is 44.5. The molecule has 5 N–H and O–H groups in total. The molecule has 0 aromatic rings. The smallest absolute Gasteiger partial charge is 0.410 e. The maximum Gasteiger partial charge on any atom is 0.410 e. The van der Waals surface area contributed by atoms with Gasteiger partial charge in [-0.25, -0.2) is 9.59 Å². The minimum Gasteiger partial charge on any atom is -0.444 e. The summed E-state index contributed by atoms with van der Waals surface area (Å²) >= 11 is 0. The van der Waals surface area contributed by atoms with Crippen LogP contribution in [-0.2, 0) is 9.47 Å². The van der Waals surface area contributed by atoms with Gasteiger partial charge in [0.15, 0.2) is 0 Å². The maximum absolute atomic E-state index is 12.3. The highest BCUT2D eigenvalue weighted by atomic mass is 16.6. The first kappa shape index (κ1) is 56.4. The summed E-state index contributed by atoms with van der Waals surface area (Å²) in [5.74, 6) is 0.213. The molecule has 0 atom stereocenters. The average molecular weight is 826 g/mol. The lowest BCUT2D eigenvalue weighted by molar-refractivity contribution is 0.0284. The lowest BCUT2D eigenvalue weighted by Crippen LogP contribution is -2.47. The molecule has 58 heavy (non-hydrogen) atoms. The number of ether oxygens (including phenoxy) is 2. The van der Waals surface area contributed by atoms with Crippen molar-refractivity contribution in [1.82, 2.24) is 29.0 Å². The molecule has 0 saturated carbocycles. The van der Waals surface area contributed by atoms with E-state index in [4.69, 9.17) is 9.47 Å². The molecule has 0 aromatic heterocycles. The molecule has 0 bridgehead atoms. The van der Waals surface area contributed by atoms with Gasteiger partial charge in [-0.2, -0.15) is 0 Å². The molecule has 0 aromatic carbocycles. The van der Waals surface area contributed by atoms with Crippen molar-refractivity contribution in [2.45, 2.75) is 151 Å². The molecule has 338 valence electrons. The highest BCUT2D eigenvalue weighted by molar-refractivity contribution is 6.46. The number of nitrogens with zero attached hydrogens (tertiary/aromatic N) is 6. The Kier molecular flexibility index (Phi) is 29.6. The normalized spacial score (nSPS) is 12.2. The Morgan fingerprint density at radius 2 is 0.793 bits per heavy atom. The minimum absolute atomic E-state index is 0.195. The fourth-order valence-electron chi connectivity index (χ4n) is 6.78. The van der Waals surface area contributed by atoms with Crippen LogP contribution in [0.4, 0.5) is 9.59 Å². The number of hydrogen-bond donors (Lipinski definition) is 5. The Morgan fingerprint density at radius 3 is 1.10 bits per heavy atom. The predicted molar refractivity (Wildman–Crippen MR) is 241 cm³/mol. The Bertz CT molecular complexity index is 1000. The molecule has 0 unspecified atom stereocenters. The van der Waals surface area contributed by atoms with Gasteiger partial charge in [-0.15, -0.1) is 0 Å². The van der Waals surface area contributed by atoms with E-state index in [1.165, 1.54) is 0 Å². The average Bonchev–Trinajstić information content (AvgIpc) is 3.09. The van der Waals surface area contributed by atoms with Crippen molar-refractivity contribution >= 4 is 40.4 Å². The van der Waals surface area contributed by atoms with Crippen molar-refractivity contribution < 1.29 is 44.3 Å². The zero-order valence-electron chi connectivity index (χ0n) is 39.0. The Hall–Kier alpha value is -1.56. The topological polar surface area (TPSA) is 173 Å². The summed E-state index contributed by atoms with van der Waals surface area (Å²) in [7, 11) is 0.944. The third kappa shape index (κ3) is 28.8. The van der Waals surface area contributed by atoms with E-state index in [-0.39, 0.29) is 24.7 Å². The molecule has 0 fully saturated rings. The minimum atomic E-state index is -0.636. The monoisotopic (exact) mass is 827 g/mol. The van der Waals surface area contributed by atoms with Crippen LogP contribution in [0.2, 0.25) is 27.3 Å². The number of amides is 2. The van der Waals surface area contributed by atoms with E-state index < -0.39 is 39.4 Å². The molecule has 0 aliphatic carbocycles. The molecule has 19 heteroatoms. The van der Waals surface area contributed by atoms with Gasteiger partial charge >= 0.3 is 40.4 Å². The fraction of sp³-hybridized carbons (Fsp3) is 0.949. The van der Waals surface area contributed by atoms with Crippen LogP contribution in [0.15, 0.2) is 0 Å². The van der Waals surface area contributed by atoms with Crippen molar-refractivity contribution in [3.63, 3.8) is 0 Å². The maximum atomic E-state index is 12.3. The third-order valence-corrected chi connectivity index (χ3v) is 10.2. The summed E-state index contributed by atoms with van der Waals surface area (Å²) < 4.78 is 10.9. The van der Waals surface area contributed by atoms with Crippen LogP contribution in [0, 0.1) is 5.92 Å². The van der Waals surface area contributed by atoms with Crippen molar-refractivity contribution in [1.29, 1.82) is 0 Å². The van der Waals surface area contributed by atoms with Crippen molar-refractivity contribution in [3.8, 4) is 0 Å². The van der Waals surface area contributed by atoms with E-state index in [2.05, 4.69) is 9.62 Å². The van der Waals surface area contributed by atoms with E-state index in [1.54, 1.807) is 51.2 Å². The number of aliphatic hydroxyl groups is 1. The van der Waals surface area contributed by atoms with Crippen LogP contribution in [0.25, 0.3) is 0 Å². The highest BCUT2D eigenvalue weighted by Crippen LogP contribution is 2.18. The van der Waals surface area contributed by atoms with Crippen molar-refractivity contribution in [2.75, 3.05) is 86.1 Å². The molecule has 0 heterocycles. The number of unbranched alkanes of at least 4 members (excludes halogenated alkanes) is 5. The molecular weight excluding hydrogens is 740 g/mol. The van der Waals surface area contributed by atoms with Gasteiger partial charge in [-0.05, 0) is 178 Å². The molecule has 0 spiro atoms. The summed E-state index contributed by atoms with van der Waals surface area (Å²) in [5, 5.41) is 51.9. The summed E-state index contributed by atoms with van der Waals surface area (Å²) in [4.78, 5) is 36.0. The molecule has 0 radical (unpaired) electrons. The summed E-state index contributed by atoms with van der Waals surface area (Å²) in [6.45, 7) is 24.9. The Labute approximate surface area is 355 Å². The molecule has 15 nitrogen and oxygen atoms in total. The fourth-order valence-corrected chi connectivity index (χ4v) is 6.78. The summed E-state index contributed by atoms with van der Waals surface area (Å²) in [5.41, 5.74) is -1.10. The van der Waals surface area contributed by atoms with Gasteiger partial charge in [0.2, 0.25) is 0 Å². The van der Waals surface area contributed by atoms with E-state index >= 15 is 0 Å².